The second-order valence-electron chi connectivity index (χ2n) is 14.7. The van der Waals surface area contributed by atoms with Crippen LogP contribution in [0.2, 0.25) is 0 Å². The minimum absolute atomic E-state index is 0.0856. The normalized spacial score (nSPS) is 17.4. The molecule has 0 saturated carbocycles. The van der Waals surface area contributed by atoms with Gasteiger partial charge in [-0.1, -0.05) is 41.5 Å². The van der Waals surface area contributed by atoms with Crippen molar-refractivity contribution in [2.75, 3.05) is 0 Å². The minimum atomic E-state index is -0.250. The van der Waals surface area contributed by atoms with Crippen LogP contribution in [0.5, 0.6) is 0 Å². The van der Waals surface area contributed by atoms with E-state index in [9.17, 15) is 15.5 Å². The third kappa shape index (κ3) is 6.52. The summed E-state index contributed by atoms with van der Waals surface area (Å²) in [4.78, 5) is 13.6. The van der Waals surface area contributed by atoms with Crippen LogP contribution in [0.15, 0.2) is 74.2 Å². The molecule has 5 heteroatoms. The molecule has 210 valence electrons. The average molecular weight is 539 g/mol. The van der Waals surface area contributed by atoms with Gasteiger partial charge < -0.3 is 10.1 Å². The molecule has 5 nitrogen and oxygen atoms in total. The van der Waals surface area contributed by atoms with Gasteiger partial charge in [0.15, 0.2) is 5.78 Å². The molecule has 0 amide bonds. The maximum atomic E-state index is 13.6. The summed E-state index contributed by atoms with van der Waals surface area (Å²) >= 11 is 0. The molecule has 0 N–H and O–H groups in total. The summed E-state index contributed by atoms with van der Waals surface area (Å²) in [5.41, 5.74) is 1.57. The van der Waals surface area contributed by atoms with Gasteiger partial charge in [-0.3, -0.25) is 4.79 Å². The Morgan fingerprint density at radius 1 is 0.825 bits per heavy atom. The molecule has 1 aliphatic heterocycles. The third-order valence-corrected chi connectivity index (χ3v) is 6.71. The van der Waals surface area contributed by atoms with Crippen molar-refractivity contribution < 1.29 is 13.9 Å². The van der Waals surface area contributed by atoms with E-state index < -0.39 is 0 Å². The summed E-state index contributed by atoms with van der Waals surface area (Å²) in [7, 11) is 0. The van der Waals surface area contributed by atoms with Crippen molar-refractivity contribution in [1.82, 2.24) is 0 Å². The number of ether oxygens (including phenoxy) is 1. The molecule has 2 aliphatic rings. The molecule has 1 aromatic heterocycles. The van der Waals surface area contributed by atoms with Gasteiger partial charge in [0.05, 0.1) is 16.4 Å². The molecule has 0 aromatic carbocycles. The summed E-state index contributed by atoms with van der Waals surface area (Å²) in [6.45, 7) is 24.9. The average Bonchev–Trinajstić information content (AvgIpc) is 2.82. The van der Waals surface area contributed by atoms with E-state index in [2.05, 4.69) is 83.1 Å². The monoisotopic (exact) mass is 538 g/mol. The third-order valence-electron chi connectivity index (χ3n) is 6.71. The summed E-state index contributed by atoms with van der Waals surface area (Å²) < 4.78 is 12.5. The molecule has 0 atom stereocenters. The fourth-order valence-electron chi connectivity index (χ4n) is 4.16. The summed E-state index contributed by atoms with van der Waals surface area (Å²) in [5.74, 6) is 4.95. The first-order chi connectivity index (χ1) is 18.2. The molecule has 0 fully saturated rings. The van der Waals surface area contributed by atoms with Crippen molar-refractivity contribution in [3.05, 3.63) is 92.2 Å². The maximum Gasteiger partial charge on any atom is 0.335 e. The zero-order valence-corrected chi connectivity index (χ0v) is 26.1. The Bertz CT molecular complexity index is 1440. The van der Waals surface area contributed by atoms with Crippen LogP contribution in [-0.2, 0) is 20.4 Å². The second-order valence-corrected chi connectivity index (χ2v) is 14.7. The SMILES string of the molecule is CC(C)(C)C1=CC(=CC2=C(C(=C=[N-])C#N)/C(=C/c3cc(C(C)(C)C)[o+]c(C(C)(C)C)c3)C2=O)C=C(C(C)(C)C)O1. The molecule has 3 rings (SSSR count). The molecular formula is C35H42N2O3. The van der Waals surface area contributed by atoms with Gasteiger partial charge in [0.1, 0.15) is 17.6 Å². The van der Waals surface area contributed by atoms with Gasteiger partial charge in [-0.2, -0.15) is 5.26 Å². The predicted octanol–water partition coefficient (Wildman–Crippen LogP) is 8.92. The van der Waals surface area contributed by atoms with Gasteiger partial charge in [0.25, 0.3) is 0 Å². The van der Waals surface area contributed by atoms with Gasteiger partial charge in [0.2, 0.25) is 0 Å². The summed E-state index contributed by atoms with van der Waals surface area (Å²) in [6.07, 6.45) is 7.39. The molecule has 0 saturated heterocycles. The highest BCUT2D eigenvalue weighted by Gasteiger charge is 2.37. The van der Waals surface area contributed by atoms with Crippen LogP contribution >= 0.6 is 0 Å². The Labute approximate surface area is 239 Å². The van der Waals surface area contributed by atoms with Crippen molar-refractivity contribution in [2.45, 2.75) is 93.9 Å². The van der Waals surface area contributed by atoms with E-state index in [1.807, 2.05) is 36.2 Å². The Morgan fingerprint density at radius 2 is 1.30 bits per heavy atom. The number of nitriles is 1. The topological polar surface area (TPSA) is 83.7 Å². The first kappa shape index (κ1) is 30.8. The Hall–Kier alpha value is -3.74. The molecule has 0 unspecified atom stereocenters. The number of hydrogen-bond acceptors (Lipinski definition) is 3. The predicted molar refractivity (Wildman–Crippen MR) is 162 cm³/mol. The summed E-state index contributed by atoms with van der Waals surface area (Å²) in [6, 6.07) is 5.85. The minimum Gasteiger partial charge on any atom is -0.762 e. The standard InChI is InChI=1S/C35H42N2O3/c1-32(2,3)26-15-21(16-27(39-26)33(4,5)6)13-24-30(23(19-36)20-37)25(31(24)38)14-22-17-28(34(7,8)9)40-29(18-22)35(10,11)12/h13-18H,1-12H3. The van der Waals surface area contributed by atoms with Crippen LogP contribution in [0.3, 0.4) is 0 Å². The zero-order chi connectivity index (χ0) is 30.4. The van der Waals surface area contributed by atoms with Crippen molar-refractivity contribution in [3.63, 3.8) is 0 Å². The van der Waals surface area contributed by atoms with E-state index in [0.717, 1.165) is 34.2 Å². The number of hydrogen-bond donors (Lipinski definition) is 0. The van der Waals surface area contributed by atoms with Crippen LogP contribution < -0.4 is 0 Å². The molecule has 40 heavy (non-hydrogen) atoms. The van der Waals surface area contributed by atoms with E-state index in [1.54, 1.807) is 12.2 Å². The molecule has 1 aromatic rings. The van der Waals surface area contributed by atoms with Crippen LogP contribution in [-0.4, -0.2) is 11.7 Å². The van der Waals surface area contributed by atoms with E-state index in [-0.39, 0.29) is 33.0 Å². The van der Waals surface area contributed by atoms with Gasteiger partial charge in [0, 0.05) is 39.7 Å². The number of nitrogens with zero attached hydrogens (tertiary/aromatic N) is 2. The first-order valence-corrected chi connectivity index (χ1v) is 13.7. The first-order valence-electron chi connectivity index (χ1n) is 13.7. The van der Waals surface area contributed by atoms with Crippen molar-refractivity contribution in [2.24, 2.45) is 10.8 Å². The smallest absolute Gasteiger partial charge is 0.335 e. The Kier molecular flexibility index (Phi) is 7.96. The zero-order valence-electron chi connectivity index (χ0n) is 26.1. The number of rotatable bonds is 3. The number of allylic oxidation sites excluding steroid dienone is 10. The Morgan fingerprint density at radius 3 is 1.68 bits per heavy atom. The van der Waals surface area contributed by atoms with E-state index in [0.29, 0.717) is 16.7 Å². The van der Waals surface area contributed by atoms with Crippen LogP contribution in [0.1, 0.15) is 100 Å². The number of ketones is 1. The fourth-order valence-corrected chi connectivity index (χ4v) is 4.16. The highest BCUT2D eigenvalue weighted by Crippen LogP contribution is 2.42. The highest BCUT2D eigenvalue weighted by atomic mass is 16.5. The maximum absolute atomic E-state index is 13.6. The largest absolute Gasteiger partial charge is 0.762 e. The quantitative estimate of drug-likeness (QED) is 0.166. The second kappa shape index (κ2) is 10.3. The van der Waals surface area contributed by atoms with Gasteiger partial charge in [-0.05, 0) is 77.0 Å². The summed E-state index contributed by atoms with van der Waals surface area (Å²) in [5, 5.41) is 19.6. The lowest BCUT2D eigenvalue weighted by Crippen LogP contribution is -2.24. The molecule has 0 spiro atoms. The van der Waals surface area contributed by atoms with Crippen LogP contribution in [0.4, 0.5) is 0 Å². The lowest BCUT2D eigenvalue weighted by Gasteiger charge is -2.33. The van der Waals surface area contributed by atoms with Crippen LogP contribution in [0.25, 0.3) is 11.5 Å². The van der Waals surface area contributed by atoms with E-state index >= 15 is 0 Å². The van der Waals surface area contributed by atoms with Gasteiger partial charge in [-0.15, -0.1) is 0 Å². The van der Waals surface area contributed by atoms with Gasteiger partial charge in [-0.25, -0.2) is 10.3 Å². The lowest BCUT2D eigenvalue weighted by atomic mass is 9.75. The number of carbonyl (C=O) groups is 1. The van der Waals surface area contributed by atoms with Gasteiger partial charge >= 0.3 is 11.5 Å². The number of carbonyl (C=O) groups excluding carboxylic acids is 1. The van der Waals surface area contributed by atoms with Crippen molar-refractivity contribution in [3.8, 4) is 6.07 Å². The van der Waals surface area contributed by atoms with Crippen LogP contribution in [0, 0.1) is 22.2 Å². The number of Topliss-reactive ketones (excluding diaryl/α,β-unsaturated/α-hetero) is 1. The molecule has 0 radical (unpaired) electrons. The van der Waals surface area contributed by atoms with E-state index in [1.165, 1.54) is 0 Å². The molecular weight excluding hydrogens is 496 g/mol. The van der Waals surface area contributed by atoms with Crippen molar-refractivity contribution >= 4 is 17.7 Å². The highest BCUT2D eigenvalue weighted by molar-refractivity contribution is 6.26. The molecule has 0 bridgehead atoms. The van der Waals surface area contributed by atoms with Crippen molar-refractivity contribution in [1.29, 1.82) is 5.26 Å². The molecule has 1 aliphatic carbocycles. The van der Waals surface area contributed by atoms with E-state index in [4.69, 9.17) is 9.15 Å². The fraction of sp³-hybridized carbons (Fsp3) is 0.457. The molecule has 2 heterocycles. The Balaban J connectivity index is 2.27. The lowest BCUT2D eigenvalue weighted by molar-refractivity contribution is -0.112.